The number of hydrogen-bond donors (Lipinski definition) is 1. The number of imide groups is 1. The van der Waals surface area contributed by atoms with Gasteiger partial charge in [0, 0.05) is 11.8 Å². The molecule has 1 heterocycles. The molecule has 8 nitrogen and oxygen atoms in total. The van der Waals surface area contributed by atoms with E-state index in [1.54, 1.807) is 24.3 Å². The molecule has 112 valence electrons. The average molecular weight is 292 g/mol. The summed E-state index contributed by atoms with van der Waals surface area (Å²) in [5, 5.41) is 17.4. The van der Waals surface area contributed by atoms with E-state index in [-0.39, 0.29) is 13.3 Å². The number of fused-ring (bicyclic) bond motifs is 1. The highest BCUT2D eigenvalue weighted by Gasteiger charge is 2.35. The zero-order valence-corrected chi connectivity index (χ0v) is 11.6. The first kappa shape index (κ1) is 14.9. The summed E-state index contributed by atoms with van der Waals surface area (Å²) in [5.41, 5.74) is 0.719. The second-order valence-corrected chi connectivity index (χ2v) is 4.28. The summed E-state index contributed by atoms with van der Waals surface area (Å²) in [6.45, 7) is 2.38. The van der Waals surface area contributed by atoms with Crippen molar-refractivity contribution in [2.45, 2.75) is 6.92 Å². The summed E-state index contributed by atoms with van der Waals surface area (Å²) < 4.78 is 0. The van der Waals surface area contributed by atoms with E-state index in [0.717, 1.165) is 4.90 Å². The van der Waals surface area contributed by atoms with Gasteiger partial charge >= 0.3 is 0 Å². The molecule has 0 spiro atoms. The van der Waals surface area contributed by atoms with Crippen LogP contribution in [0.15, 0.2) is 34.8 Å². The molecular formula is C13H16N4O4. The minimum atomic E-state index is -0.409. The molecular weight excluding hydrogens is 276 g/mol. The highest BCUT2D eigenvalue weighted by molar-refractivity contribution is 6.21. The minimum Gasteiger partial charge on any atom is -0.394 e. The van der Waals surface area contributed by atoms with Gasteiger partial charge in [-0.05, 0) is 24.3 Å². The Hall–Kier alpha value is -2.48. The van der Waals surface area contributed by atoms with Gasteiger partial charge in [-0.1, -0.05) is 12.1 Å². The van der Waals surface area contributed by atoms with E-state index in [1.807, 2.05) is 6.92 Å². The zero-order chi connectivity index (χ0) is 15.2. The molecule has 1 aromatic carbocycles. The third kappa shape index (κ3) is 3.16. The van der Waals surface area contributed by atoms with Crippen LogP contribution < -0.4 is 0 Å². The van der Waals surface area contributed by atoms with Gasteiger partial charge in [0.25, 0.3) is 11.8 Å². The number of carbonyl (C=O) groups is 2. The summed E-state index contributed by atoms with van der Waals surface area (Å²) in [4.78, 5) is 29.9. The number of nitrogens with zero attached hydrogens (tertiary/aromatic N) is 4. The number of aliphatic hydroxyl groups is 1. The smallest absolute Gasteiger partial charge is 0.264 e. The van der Waals surface area contributed by atoms with Crippen LogP contribution in [0.1, 0.15) is 27.6 Å². The lowest BCUT2D eigenvalue weighted by atomic mass is 10.1. The molecule has 0 saturated carbocycles. The molecule has 1 aromatic rings. The molecule has 2 rings (SSSR count). The number of likely N-dealkylation sites (N-methyl/N-ethyl adjacent to an activating group) is 1. The predicted molar refractivity (Wildman–Crippen MR) is 72.1 cm³/mol. The molecule has 2 amide bonds. The summed E-state index contributed by atoms with van der Waals surface area (Å²) in [7, 11) is 0. The van der Waals surface area contributed by atoms with Crippen molar-refractivity contribution < 1.29 is 19.5 Å². The Bertz CT molecular complexity index is 526. The topological polar surface area (TPSA) is 94.8 Å². The molecule has 1 aliphatic heterocycles. The summed E-state index contributed by atoms with van der Waals surface area (Å²) in [5.74, 6) is -0.818. The fraction of sp³-hybridized carbons (Fsp3) is 0.385. The number of rotatable bonds is 7. The normalized spacial score (nSPS) is 13.9. The summed E-state index contributed by atoms with van der Waals surface area (Å²) in [6.07, 6.45) is 0. The van der Waals surface area contributed by atoms with Crippen LogP contribution in [0.25, 0.3) is 0 Å². The van der Waals surface area contributed by atoms with Crippen molar-refractivity contribution in [3.63, 3.8) is 0 Å². The van der Waals surface area contributed by atoms with E-state index < -0.39 is 11.8 Å². The van der Waals surface area contributed by atoms with Gasteiger partial charge in [0.1, 0.15) is 0 Å². The van der Waals surface area contributed by atoms with Crippen LogP contribution in [-0.2, 0) is 4.84 Å². The van der Waals surface area contributed by atoms with Crippen LogP contribution in [0.4, 0.5) is 0 Å². The maximum atomic E-state index is 12.0. The minimum absolute atomic E-state index is 0.0503. The maximum Gasteiger partial charge on any atom is 0.264 e. The SMILES string of the molecule is CCN(CCO)N=NOCN1C(=O)c2ccccc2C1=O. The van der Waals surface area contributed by atoms with Crippen molar-refractivity contribution in [2.75, 3.05) is 26.4 Å². The largest absolute Gasteiger partial charge is 0.394 e. The second-order valence-electron chi connectivity index (χ2n) is 4.28. The number of amides is 2. The van der Waals surface area contributed by atoms with Gasteiger partial charge in [-0.2, -0.15) is 0 Å². The van der Waals surface area contributed by atoms with Crippen molar-refractivity contribution in [2.24, 2.45) is 10.5 Å². The molecule has 0 bridgehead atoms. The third-order valence-electron chi connectivity index (χ3n) is 3.01. The summed E-state index contributed by atoms with van der Waals surface area (Å²) in [6, 6.07) is 6.58. The van der Waals surface area contributed by atoms with Crippen LogP contribution in [0.5, 0.6) is 0 Å². The van der Waals surface area contributed by atoms with Crippen molar-refractivity contribution in [1.82, 2.24) is 9.91 Å². The lowest BCUT2D eigenvalue weighted by molar-refractivity contribution is 0.0139. The van der Waals surface area contributed by atoms with E-state index in [9.17, 15) is 9.59 Å². The van der Waals surface area contributed by atoms with Crippen LogP contribution in [0, 0.1) is 0 Å². The average Bonchev–Trinajstić information content (AvgIpc) is 2.75. The molecule has 0 fully saturated rings. The first-order valence-corrected chi connectivity index (χ1v) is 6.53. The van der Waals surface area contributed by atoms with Gasteiger partial charge in [-0.15, -0.1) is 0 Å². The van der Waals surface area contributed by atoms with Crippen LogP contribution >= 0.6 is 0 Å². The summed E-state index contributed by atoms with van der Waals surface area (Å²) >= 11 is 0. The standard InChI is InChI=1S/C13H16N4O4/c1-2-16(7-8-18)14-15-21-9-17-12(19)10-5-3-4-6-11(10)13(17)20/h3-6,18H,2,7-9H2,1H3. The fourth-order valence-corrected chi connectivity index (χ4v) is 1.90. The van der Waals surface area contributed by atoms with Crippen LogP contribution in [0.3, 0.4) is 0 Å². The van der Waals surface area contributed by atoms with Gasteiger partial charge < -0.3 is 9.94 Å². The highest BCUT2D eigenvalue weighted by atomic mass is 16.7. The van der Waals surface area contributed by atoms with Gasteiger partial charge in [-0.3, -0.25) is 14.6 Å². The zero-order valence-electron chi connectivity index (χ0n) is 11.6. The molecule has 1 aliphatic rings. The van der Waals surface area contributed by atoms with Crippen LogP contribution in [0.2, 0.25) is 0 Å². The van der Waals surface area contributed by atoms with Gasteiger partial charge in [0.15, 0.2) is 0 Å². The molecule has 0 atom stereocenters. The third-order valence-corrected chi connectivity index (χ3v) is 3.01. The van der Waals surface area contributed by atoms with Crippen molar-refractivity contribution in [3.8, 4) is 0 Å². The van der Waals surface area contributed by atoms with Gasteiger partial charge in [0.2, 0.25) is 6.73 Å². The maximum absolute atomic E-state index is 12.0. The number of aliphatic hydroxyl groups excluding tert-OH is 1. The molecule has 0 unspecified atom stereocenters. The fourth-order valence-electron chi connectivity index (χ4n) is 1.90. The van der Waals surface area contributed by atoms with E-state index in [4.69, 9.17) is 9.94 Å². The Morgan fingerprint density at radius 2 is 1.86 bits per heavy atom. The molecule has 1 N–H and O–H groups in total. The molecule has 0 aliphatic carbocycles. The van der Waals surface area contributed by atoms with Crippen LogP contribution in [-0.4, -0.2) is 53.3 Å². The van der Waals surface area contributed by atoms with E-state index in [1.165, 1.54) is 5.01 Å². The van der Waals surface area contributed by atoms with E-state index >= 15 is 0 Å². The Kier molecular flexibility index (Phi) is 4.83. The Morgan fingerprint density at radius 1 is 1.24 bits per heavy atom. The molecule has 0 radical (unpaired) electrons. The Morgan fingerprint density at radius 3 is 2.38 bits per heavy atom. The molecule has 8 heteroatoms. The first-order valence-electron chi connectivity index (χ1n) is 6.53. The monoisotopic (exact) mass is 292 g/mol. The number of benzene rings is 1. The van der Waals surface area contributed by atoms with E-state index in [2.05, 4.69) is 10.5 Å². The van der Waals surface area contributed by atoms with Crippen molar-refractivity contribution >= 4 is 11.8 Å². The number of hydrogen-bond acceptors (Lipinski definition) is 6. The quantitative estimate of drug-likeness (QED) is 0.457. The number of carbonyl (C=O) groups excluding carboxylic acids is 2. The lowest BCUT2D eigenvalue weighted by Gasteiger charge is -2.13. The second kappa shape index (κ2) is 6.80. The lowest BCUT2D eigenvalue weighted by Crippen LogP contribution is -2.31. The predicted octanol–water partition coefficient (Wildman–Crippen LogP) is 0.853. The molecule has 0 aromatic heterocycles. The van der Waals surface area contributed by atoms with Crippen molar-refractivity contribution in [1.29, 1.82) is 0 Å². The van der Waals surface area contributed by atoms with Gasteiger partial charge in [-0.25, -0.2) is 4.90 Å². The molecule has 0 saturated heterocycles. The van der Waals surface area contributed by atoms with Crippen molar-refractivity contribution in [3.05, 3.63) is 35.4 Å². The first-order chi connectivity index (χ1) is 10.2. The Balaban J connectivity index is 1.92. The Labute approximate surface area is 121 Å². The highest BCUT2D eigenvalue weighted by Crippen LogP contribution is 2.22. The van der Waals surface area contributed by atoms with Gasteiger partial charge in [0.05, 0.1) is 24.3 Å². The molecule has 21 heavy (non-hydrogen) atoms. The van der Waals surface area contributed by atoms with E-state index in [0.29, 0.717) is 24.2 Å².